The summed E-state index contributed by atoms with van der Waals surface area (Å²) >= 11 is 11.7. The molecule has 3 N–H and O–H groups in total. The number of rotatable bonds is 3. The zero-order valence-electron chi connectivity index (χ0n) is 10.5. The molecule has 0 fully saturated rings. The molecule has 0 amide bonds. The number of sulfonamides is 1. The van der Waals surface area contributed by atoms with Crippen molar-refractivity contribution in [1.29, 1.82) is 0 Å². The number of halogens is 2. The van der Waals surface area contributed by atoms with Crippen LogP contribution in [-0.2, 0) is 10.0 Å². The van der Waals surface area contributed by atoms with Crippen LogP contribution in [0, 0.1) is 6.92 Å². The molecule has 106 valence electrons. The van der Waals surface area contributed by atoms with Crippen LogP contribution in [0.15, 0.2) is 41.3 Å². The molecule has 2 aromatic carbocycles. The summed E-state index contributed by atoms with van der Waals surface area (Å²) in [5.74, 6) is 0. The van der Waals surface area contributed by atoms with Crippen LogP contribution >= 0.6 is 23.2 Å². The van der Waals surface area contributed by atoms with Gasteiger partial charge < -0.3 is 5.73 Å². The fraction of sp³-hybridized carbons (Fsp3) is 0.0769. The van der Waals surface area contributed by atoms with Gasteiger partial charge in [0.1, 0.15) is 4.90 Å². The molecule has 20 heavy (non-hydrogen) atoms. The Morgan fingerprint density at radius 1 is 1.10 bits per heavy atom. The molecule has 0 atom stereocenters. The second-order valence-corrected chi connectivity index (χ2v) is 6.77. The number of hydrogen-bond acceptors (Lipinski definition) is 3. The third-order valence-electron chi connectivity index (χ3n) is 2.64. The van der Waals surface area contributed by atoms with Crippen molar-refractivity contribution in [3.63, 3.8) is 0 Å². The van der Waals surface area contributed by atoms with Gasteiger partial charge in [-0.05, 0) is 42.8 Å². The molecule has 0 unspecified atom stereocenters. The summed E-state index contributed by atoms with van der Waals surface area (Å²) in [7, 11) is -3.85. The Balaban J connectivity index is 2.46. The molecule has 0 aliphatic rings. The topological polar surface area (TPSA) is 72.2 Å². The van der Waals surface area contributed by atoms with Crippen LogP contribution in [0.25, 0.3) is 0 Å². The molecule has 0 radical (unpaired) electrons. The smallest absolute Gasteiger partial charge is 0.263 e. The number of nitrogens with two attached hydrogens (primary N) is 1. The van der Waals surface area contributed by atoms with E-state index in [-0.39, 0.29) is 14.9 Å². The van der Waals surface area contributed by atoms with Crippen molar-refractivity contribution in [2.75, 3.05) is 10.5 Å². The maximum atomic E-state index is 12.3. The van der Waals surface area contributed by atoms with Gasteiger partial charge in [-0.2, -0.15) is 0 Å². The number of hydrogen-bond donors (Lipinski definition) is 2. The van der Waals surface area contributed by atoms with Gasteiger partial charge in [0.25, 0.3) is 10.0 Å². The molecular weight excluding hydrogens is 319 g/mol. The summed E-state index contributed by atoms with van der Waals surface area (Å²) in [5.41, 5.74) is 7.28. The van der Waals surface area contributed by atoms with Gasteiger partial charge in [0.15, 0.2) is 0 Å². The van der Waals surface area contributed by atoms with Gasteiger partial charge in [-0.1, -0.05) is 29.3 Å². The Bertz CT molecular complexity index is 761. The highest BCUT2D eigenvalue weighted by molar-refractivity contribution is 7.92. The highest BCUT2D eigenvalue weighted by Gasteiger charge is 2.19. The number of aryl methyl sites for hydroxylation is 1. The first-order valence-corrected chi connectivity index (χ1v) is 7.87. The highest BCUT2D eigenvalue weighted by atomic mass is 35.5. The van der Waals surface area contributed by atoms with Gasteiger partial charge >= 0.3 is 0 Å². The summed E-state index contributed by atoms with van der Waals surface area (Å²) in [4.78, 5) is -0.0902. The summed E-state index contributed by atoms with van der Waals surface area (Å²) in [6, 6.07) is 9.30. The van der Waals surface area contributed by atoms with Crippen LogP contribution in [0.3, 0.4) is 0 Å². The molecule has 2 aromatic rings. The molecule has 0 saturated carbocycles. The van der Waals surface area contributed by atoms with Crippen molar-refractivity contribution in [2.45, 2.75) is 11.8 Å². The lowest BCUT2D eigenvalue weighted by Crippen LogP contribution is -2.14. The van der Waals surface area contributed by atoms with Crippen molar-refractivity contribution in [2.24, 2.45) is 0 Å². The Morgan fingerprint density at radius 3 is 2.50 bits per heavy atom. The maximum Gasteiger partial charge on any atom is 0.263 e. The minimum absolute atomic E-state index is 0.0902. The number of nitrogen functional groups attached to an aromatic ring is 1. The van der Waals surface area contributed by atoms with Crippen molar-refractivity contribution in [3.05, 3.63) is 52.0 Å². The summed E-state index contributed by atoms with van der Waals surface area (Å²) in [6.45, 7) is 1.84. The first kappa shape index (κ1) is 15.0. The average Bonchev–Trinajstić information content (AvgIpc) is 2.36. The van der Waals surface area contributed by atoms with E-state index in [2.05, 4.69) is 4.72 Å². The van der Waals surface area contributed by atoms with Crippen LogP contribution in [0.2, 0.25) is 10.0 Å². The lowest BCUT2D eigenvalue weighted by Gasteiger charge is -2.12. The van der Waals surface area contributed by atoms with E-state index < -0.39 is 10.0 Å². The molecule has 0 aliphatic carbocycles. The van der Waals surface area contributed by atoms with Gasteiger partial charge in [0.05, 0.1) is 16.4 Å². The van der Waals surface area contributed by atoms with E-state index in [1.54, 1.807) is 18.2 Å². The normalized spacial score (nSPS) is 11.3. The Kier molecular flexibility index (Phi) is 4.13. The fourth-order valence-electron chi connectivity index (χ4n) is 1.64. The van der Waals surface area contributed by atoms with Gasteiger partial charge in [-0.3, -0.25) is 4.72 Å². The van der Waals surface area contributed by atoms with Crippen molar-refractivity contribution in [3.8, 4) is 0 Å². The summed E-state index contributed by atoms with van der Waals surface area (Å²) in [6.07, 6.45) is 0. The minimum Gasteiger partial charge on any atom is -0.397 e. The standard InChI is InChI=1S/C13H12Cl2N2O2S/c1-8-2-5-11(16)12(6-8)17-20(18,19)13-7-9(14)3-4-10(13)15/h2-7,17H,16H2,1H3. The largest absolute Gasteiger partial charge is 0.397 e. The predicted molar refractivity (Wildman–Crippen MR) is 82.9 cm³/mol. The Hall–Kier alpha value is -1.43. The third-order valence-corrected chi connectivity index (χ3v) is 4.72. The minimum atomic E-state index is -3.85. The monoisotopic (exact) mass is 330 g/mol. The molecule has 0 heterocycles. The SMILES string of the molecule is Cc1ccc(N)c(NS(=O)(=O)c2cc(Cl)ccc2Cl)c1. The van der Waals surface area contributed by atoms with Crippen LogP contribution in [-0.4, -0.2) is 8.42 Å². The second kappa shape index (κ2) is 5.52. The molecule has 0 aromatic heterocycles. The van der Waals surface area contributed by atoms with Crippen LogP contribution in [0.1, 0.15) is 5.56 Å². The number of benzene rings is 2. The first-order valence-electron chi connectivity index (χ1n) is 5.63. The van der Waals surface area contributed by atoms with Gasteiger partial charge in [0, 0.05) is 5.02 Å². The molecule has 7 heteroatoms. The van der Waals surface area contributed by atoms with E-state index in [1.807, 2.05) is 6.92 Å². The van der Waals surface area contributed by atoms with Crippen LogP contribution in [0.4, 0.5) is 11.4 Å². The van der Waals surface area contributed by atoms with Crippen LogP contribution < -0.4 is 10.5 Å². The van der Waals surface area contributed by atoms with Gasteiger partial charge in [-0.15, -0.1) is 0 Å². The van der Waals surface area contributed by atoms with E-state index in [0.29, 0.717) is 11.4 Å². The third kappa shape index (κ3) is 3.17. The molecule has 0 saturated heterocycles. The zero-order chi connectivity index (χ0) is 14.9. The lowest BCUT2D eigenvalue weighted by atomic mass is 10.2. The second-order valence-electron chi connectivity index (χ2n) is 4.27. The highest BCUT2D eigenvalue weighted by Crippen LogP contribution is 2.28. The van der Waals surface area contributed by atoms with Crippen molar-refractivity contribution < 1.29 is 8.42 Å². The fourth-order valence-corrected chi connectivity index (χ4v) is 3.48. The predicted octanol–water partition coefficient (Wildman–Crippen LogP) is 3.68. The molecular formula is C13H12Cl2N2O2S. The molecule has 2 rings (SSSR count). The number of anilines is 2. The maximum absolute atomic E-state index is 12.3. The van der Waals surface area contributed by atoms with Gasteiger partial charge in [0.2, 0.25) is 0 Å². The summed E-state index contributed by atoms with van der Waals surface area (Å²) < 4.78 is 27.1. The van der Waals surface area contributed by atoms with E-state index >= 15 is 0 Å². The van der Waals surface area contributed by atoms with Crippen LogP contribution in [0.5, 0.6) is 0 Å². The quantitative estimate of drug-likeness (QED) is 0.843. The first-order chi connectivity index (χ1) is 9.29. The number of nitrogens with one attached hydrogen (secondary N) is 1. The Labute approximate surface area is 127 Å². The molecule has 0 aliphatic heterocycles. The van der Waals surface area contributed by atoms with Gasteiger partial charge in [-0.25, -0.2) is 8.42 Å². The summed E-state index contributed by atoms with van der Waals surface area (Å²) in [5, 5.41) is 0.375. The Morgan fingerprint density at radius 2 is 1.80 bits per heavy atom. The van der Waals surface area contributed by atoms with E-state index in [4.69, 9.17) is 28.9 Å². The molecule has 4 nitrogen and oxygen atoms in total. The van der Waals surface area contributed by atoms with Crippen molar-refractivity contribution in [1.82, 2.24) is 0 Å². The van der Waals surface area contributed by atoms with E-state index in [9.17, 15) is 8.42 Å². The lowest BCUT2D eigenvalue weighted by molar-refractivity contribution is 0.601. The van der Waals surface area contributed by atoms with E-state index in [0.717, 1.165) is 5.56 Å². The van der Waals surface area contributed by atoms with Crippen molar-refractivity contribution >= 4 is 44.6 Å². The molecule has 0 bridgehead atoms. The molecule has 0 spiro atoms. The average molecular weight is 331 g/mol. The van der Waals surface area contributed by atoms with E-state index in [1.165, 1.54) is 18.2 Å². The zero-order valence-corrected chi connectivity index (χ0v) is 12.9.